The smallest absolute Gasteiger partial charge is 0.338 e. The van der Waals surface area contributed by atoms with Crippen LogP contribution in [-0.4, -0.2) is 39.7 Å². The van der Waals surface area contributed by atoms with E-state index in [9.17, 15) is 18.0 Å². The maximum Gasteiger partial charge on any atom is 0.435 e. The Morgan fingerprint density at radius 3 is 2.77 bits per heavy atom. The number of halogens is 3. The molecule has 5 nitrogen and oxygen atoms in total. The van der Waals surface area contributed by atoms with E-state index in [-0.39, 0.29) is 17.9 Å². The number of amides is 1. The number of carbonyl (C=O) groups is 1. The molecule has 1 aliphatic heterocycles. The zero-order valence-corrected chi connectivity index (χ0v) is 14.4. The van der Waals surface area contributed by atoms with Crippen LogP contribution in [0.25, 0.3) is 5.69 Å². The number of carbonyl (C=O) groups excluding carboxylic acids is 1. The molecule has 0 saturated carbocycles. The second kappa shape index (κ2) is 7.11. The van der Waals surface area contributed by atoms with Gasteiger partial charge in [0.25, 0.3) is 5.91 Å². The summed E-state index contributed by atoms with van der Waals surface area (Å²) >= 11 is 0. The highest BCUT2D eigenvalue weighted by Crippen LogP contribution is 2.28. The van der Waals surface area contributed by atoms with Crippen molar-refractivity contribution in [2.45, 2.75) is 32.0 Å². The molecule has 2 atom stereocenters. The quantitative estimate of drug-likeness (QED) is 0.908. The average molecular weight is 366 g/mol. The van der Waals surface area contributed by atoms with E-state index in [2.05, 4.69) is 5.10 Å². The third kappa shape index (κ3) is 3.90. The summed E-state index contributed by atoms with van der Waals surface area (Å²) in [6.45, 7) is 3.20. The number of nitrogens with two attached hydrogens (primary N) is 1. The van der Waals surface area contributed by atoms with Gasteiger partial charge in [0, 0.05) is 30.9 Å². The van der Waals surface area contributed by atoms with Crippen molar-refractivity contribution < 1.29 is 18.0 Å². The van der Waals surface area contributed by atoms with E-state index in [0.717, 1.165) is 23.6 Å². The molecule has 1 aliphatic rings. The molecule has 3 rings (SSSR count). The van der Waals surface area contributed by atoms with Crippen LogP contribution >= 0.6 is 0 Å². The number of aromatic nitrogens is 2. The molecule has 0 aliphatic carbocycles. The van der Waals surface area contributed by atoms with Gasteiger partial charge in [0.2, 0.25) is 0 Å². The van der Waals surface area contributed by atoms with E-state index in [1.54, 1.807) is 29.2 Å². The first-order valence-electron chi connectivity index (χ1n) is 8.54. The number of piperidine rings is 1. The van der Waals surface area contributed by atoms with Crippen molar-refractivity contribution in [1.82, 2.24) is 14.7 Å². The maximum absolute atomic E-state index is 12.8. The highest BCUT2D eigenvalue weighted by atomic mass is 19.4. The van der Waals surface area contributed by atoms with Crippen LogP contribution in [0, 0.1) is 5.92 Å². The summed E-state index contributed by atoms with van der Waals surface area (Å²) in [7, 11) is 0. The minimum atomic E-state index is -4.50. The molecule has 1 saturated heterocycles. The highest BCUT2D eigenvalue weighted by molar-refractivity contribution is 5.94. The fourth-order valence-electron chi connectivity index (χ4n) is 3.21. The van der Waals surface area contributed by atoms with E-state index in [1.807, 2.05) is 6.92 Å². The SMILES string of the molecule is CC(N)C1CCCN(C(=O)c2cccc(-n3ccc(C(F)(F)F)n3)c2)C1. The maximum atomic E-state index is 12.8. The molecule has 26 heavy (non-hydrogen) atoms. The largest absolute Gasteiger partial charge is 0.435 e. The lowest BCUT2D eigenvalue weighted by molar-refractivity contribution is -0.141. The van der Waals surface area contributed by atoms with Crippen molar-refractivity contribution in [3.8, 4) is 5.69 Å². The zero-order valence-electron chi connectivity index (χ0n) is 14.4. The topological polar surface area (TPSA) is 64.2 Å². The number of nitrogens with zero attached hydrogens (tertiary/aromatic N) is 3. The zero-order chi connectivity index (χ0) is 18.9. The molecule has 1 amide bonds. The number of rotatable bonds is 3. The molecule has 2 N–H and O–H groups in total. The van der Waals surface area contributed by atoms with Crippen LogP contribution in [-0.2, 0) is 6.18 Å². The Balaban J connectivity index is 1.81. The number of alkyl halides is 3. The summed E-state index contributed by atoms with van der Waals surface area (Å²) in [5.41, 5.74) is 5.83. The van der Waals surface area contributed by atoms with E-state index < -0.39 is 11.9 Å². The molecule has 140 valence electrons. The van der Waals surface area contributed by atoms with Gasteiger partial charge in [-0.3, -0.25) is 4.79 Å². The van der Waals surface area contributed by atoms with Crippen LogP contribution in [0.4, 0.5) is 13.2 Å². The number of likely N-dealkylation sites (tertiary alicyclic amines) is 1. The lowest BCUT2D eigenvalue weighted by Crippen LogP contribution is -2.45. The molecule has 0 spiro atoms. The molecular formula is C18H21F3N4O. The number of hydrogen-bond donors (Lipinski definition) is 1. The highest BCUT2D eigenvalue weighted by Gasteiger charge is 2.33. The molecule has 2 unspecified atom stereocenters. The molecule has 2 aromatic rings. The lowest BCUT2D eigenvalue weighted by atomic mass is 9.92. The first-order valence-corrected chi connectivity index (χ1v) is 8.54. The van der Waals surface area contributed by atoms with Crippen molar-refractivity contribution in [2.24, 2.45) is 11.7 Å². The summed E-state index contributed by atoms with van der Waals surface area (Å²) in [6.07, 6.45) is -1.37. The molecule has 1 fully saturated rings. The normalized spacial score (nSPS) is 19.4. The number of hydrogen-bond acceptors (Lipinski definition) is 3. The van der Waals surface area contributed by atoms with Gasteiger partial charge in [-0.05, 0) is 49.9 Å². The Morgan fingerprint density at radius 2 is 2.12 bits per heavy atom. The first-order chi connectivity index (χ1) is 12.3. The summed E-state index contributed by atoms with van der Waals surface area (Å²) < 4.78 is 39.3. The van der Waals surface area contributed by atoms with Crippen LogP contribution in [0.15, 0.2) is 36.5 Å². The Bertz CT molecular complexity index is 785. The third-order valence-electron chi connectivity index (χ3n) is 4.73. The molecule has 0 radical (unpaired) electrons. The fourth-order valence-corrected chi connectivity index (χ4v) is 3.21. The molecular weight excluding hydrogens is 345 g/mol. The van der Waals surface area contributed by atoms with E-state index in [0.29, 0.717) is 24.3 Å². The van der Waals surface area contributed by atoms with Gasteiger partial charge in [0.1, 0.15) is 0 Å². The Kier molecular flexibility index (Phi) is 5.04. The van der Waals surface area contributed by atoms with Crippen LogP contribution in [0.5, 0.6) is 0 Å². The molecule has 2 heterocycles. The second-order valence-electron chi connectivity index (χ2n) is 6.71. The minimum absolute atomic E-state index is 0.0156. The minimum Gasteiger partial charge on any atom is -0.338 e. The second-order valence-corrected chi connectivity index (χ2v) is 6.71. The van der Waals surface area contributed by atoms with Gasteiger partial charge in [-0.1, -0.05) is 6.07 Å². The van der Waals surface area contributed by atoms with Crippen LogP contribution in [0.1, 0.15) is 35.8 Å². The van der Waals surface area contributed by atoms with Crippen molar-refractivity contribution in [3.05, 3.63) is 47.8 Å². The predicted octanol–water partition coefficient (Wildman–Crippen LogP) is 3.09. The summed E-state index contributed by atoms with van der Waals surface area (Å²) in [6, 6.07) is 7.41. The van der Waals surface area contributed by atoms with E-state index >= 15 is 0 Å². The average Bonchev–Trinajstić information content (AvgIpc) is 3.12. The van der Waals surface area contributed by atoms with Crippen molar-refractivity contribution in [1.29, 1.82) is 0 Å². The van der Waals surface area contributed by atoms with Crippen molar-refractivity contribution >= 4 is 5.91 Å². The molecule has 0 bridgehead atoms. The van der Waals surface area contributed by atoms with Gasteiger partial charge in [-0.2, -0.15) is 18.3 Å². The van der Waals surface area contributed by atoms with Gasteiger partial charge < -0.3 is 10.6 Å². The molecule has 1 aromatic carbocycles. The predicted molar refractivity (Wildman–Crippen MR) is 90.8 cm³/mol. The van der Waals surface area contributed by atoms with Gasteiger partial charge in [-0.15, -0.1) is 0 Å². The first kappa shape index (κ1) is 18.4. The lowest BCUT2D eigenvalue weighted by Gasteiger charge is -2.34. The Labute approximate surface area is 149 Å². The number of benzene rings is 1. The van der Waals surface area contributed by atoms with Crippen LogP contribution in [0.3, 0.4) is 0 Å². The van der Waals surface area contributed by atoms with E-state index in [1.165, 1.54) is 6.20 Å². The standard InChI is InChI=1S/C18H21F3N4O/c1-12(22)14-5-3-8-24(11-14)17(26)13-4-2-6-15(10-13)25-9-7-16(23-25)18(19,20)21/h2,4,6-7,9-10,12,14H,3,5,8,11,22H2,1H3. The summed E-state index contributed by atoms with van der Waals surface area (Å²) in [5.74, 6) is 0.122. The molecule has 8 heteroatoms. The fraction of sp³-hybridized carbons (Fsp3) is 0.444. The Hall–Kier alpha value is -2.35. The van der Waals surface area contributed by atoms with Crippen molar-refractivity contribution in [3.63, 3.8) is 0 Å². The van der Waals surface area contributed by atoms with Gasteiger partial charge in [-0.25, -0.2) is 4.68 Å². The van der Waals surface area contributed by atoms with Gasteiger partial charge in [0.15, 0.2) is 5.69 Å². The Morgan fingerprint density at radius 1 is 1.35 bits per heavy atom. The van der Waals surface area contributed by atoms with Gasteiger partial charge >= 0.3 is 6.18 Å². The summed E-state index contributed by atoms with van der Waals surface area (Å²) in [4.78, 5) is 14.6. The van der Waals surface area contributed by atoms with E-state index in [4.69, 9.17) is 5.73 Å². The molecule has 1 aromatic heterocycles. The summed E-state index contributed by atoms with van der Waals surface area (Å²) in [5, 5.41) is 3.55. The van der Waals surface area contributed by atoms with Gasteiger partial charge in [0.05, 0.1) is 5.69 Å². The van der Waals surface area contributed by atoms with Crippen LogP contribution in [0.2, 0.25) is 0 Å². The van der Waals surface area contributed by atoms with Crippen molar-refractivity contribution in [2.75, 3.05) is 13.1 Å². The third-order valence-corrected chi connectivity index (χ3v) is 4.73. The monoisotopic (exact) mass is 366 g/mol. The van der Waals surface area contributed by atoms with Crippen LogP contribution < -0.4 is 5.73 Å².